The molecule has 54 valence electrons. The van der Waals surface area contributed by atoms with Gasteiger partial charge in [0.15, 0.2) is 11.5 Å². The highest BCUT2D eigenvalue weighted by Gasteiger charge is 2.07. The average molecular weight is 179 g/mol. The van der Waals surface area contributed by atoms with Crippen LogP contribution < -0.4 is 0 Å². The van der Waals surface area contributed by atoms with Crippen LogP contribution in [0, 0.1) is 0 Å². The van der Waals surface area contributed by atoms with Crippen LogP contribution in [-0.4, -0.2) is 10.2 Å². The number of hydrogen-bond acceptors (Lipinski definition) is 2. The molecule has 0 aliphatic rings. The van der Waals surface area contributed by atoms with Crippen molar-refractivity contribution < 1.29 is 10.2 Å². The minimum Gasteiger partial charge on any atom is -0.503 e. The van der Waals surface area contributed by atoms with Crippen molar-refractivity contribution in [1.29, 1.82) is 0 Å². The van der Waals surface area contributed by atoms with Crippen molar-refractivity contribution in [2.45, 2.75) is 0 Å². The Morgan fingerprint density at radius 2 is 1.20 bits per heavy atom. The molecule has 0 spiro atoms. The number of rotatable bonds is 0. The quantitative estimate of drug-likeness (QED) is 0.600. The molecule has 4 heteroatoms. The van der Waals surface area contributed by atoms with Crippen LogP contribution in [0.5, 0.6) is 11.5 Å². The number of phenols is 2. The molecule has 0 aromatic heterocycles. The summed E-state index contributed by atoms with van der Waals surface area (Å²) in [4.78, 5) is 0. The fourth-order valence-corrected chi connectivity index (χ4v) is 0.835. The summed E-state index contributed by atoms with van der Waals surface area (Å²) >= 11 is 10.8. The first-order chi connectivity index (χ1) is 4.63. The summed E-state index contributed by atoms with van der Waals surface area (Å²) in [7, 11) is 0. The van der Waals surface area contributed by atoms with Gasteiger partial charge in [-0.1, -0.05) is 23.2 Å². The van der Waals surface area contributed by atoms with E-state index in [4.69, 9.17) is 33.4 Å². The van der Waals surface area contributed by atoms with E-state index in [9.17, 15) is 0 Å². The van der Waals surface area contributed by atoms with Crippen molar-refractivity contribution in [3.63, 3.8) is 0 Å². The summed E-state index contributed by atoms with van der Waals surface area (Å²) in [5, 5.41) is 18.0. The number of hydrogen-bond donors (Lipinski definition) is 2. The van der Waals surface area contributed by atoms with Gasteiger partial charge in [0.25, 0.3) is 0 Å². The van der Waals surface area contributed by atoms with Crippen molar-refractivity contribution >= 4 is 23.2 Å². The molecule has 0 aliphatic heterocycles. The predicted molar refractivity (Wildman–Crippen MR) is 39.8 cm³/mol. The second-order valence-electron chi connectivity index (χ2n) is 1.73. The topological polar surface area (TPSA) is 40.5 Å². The Morgan fingerprint density at radius 3 is 1.50 bits per heavy atom. The van der Waals surface area contributed by atoms with E-state index in [1.165, 1.54) is 12.1 Å². The largest absolute Gasteiger partial charge is 0.503 e. The fraction of sp³-hybridized carbons (Fsp3) is 0. The third-order valence-corrected chi connectivity index (χ3v) is 1.66. The van der Waals surface area contributed by atoms with Crippen molar-refractivity contribution in [3.8, 4) is 11.5 Å². The van der Waals surface area contributed by atoms with E-state index in [0.717, 1.165) is 0 Å². The van der Waals surface area contributed by atoms with Gasteiger partial charge in [0.05, 0.1) is 10.0 Å². The molecule has 10 heavy (non-hydrogen) atoms. The Kier molecular flexibility index (Phi) is 1.92. The van der Waals surface area contributed by atoms with E-state index >= 15 is 0 Å². The lowest BCUT2D eigenvalue weighted by atomic mass is 10.3. The second-order valence-corrected chi connectivity index (χ2v) is 2.54. The molecule has 2 nitrogen and oxygen atoms in total. The van der Waals surface area contributed by atoms with Gasteiger partial charge in [-0.2, -0.15) is 0 Å². The van der Waals surface area contributed by atoms with Crippen molar-refractivity contribution in [2.24, 2.45) is 0 Å². The highest BCUT2D eigenvalue weighted by molar-refractivity contribution is 6.35. The summed E-state index contributed by atoms with van der Waals surface area (Å²) in [6, 6.07) is 2.80. The molecule has 1 rings (SSSR count). The van der Waals surface area contributed by atoms with Crippen LogP contribution in [0.25, 0.3) is 0 Å². The summed E-state index contributed by atoms with van der Waals surface area (Å²) < 4.78 is 0. The van der Waals surface area contributed by atoms with Crippen LogP contribution in [0.4, 0.5) is 0 Å². The van der Waals surface area contributed by atoms with E-state index in [0.29, 0.717) is 0 Å². The Bertz CT molecular complexity index is 233. The van der Waals surface area contributed by atoms with Gasteiger partial charge in [-0.25, -0.2) is 0 Å². The van der Waals surface area contributed by atoms with Gasteiger partial charge in [-0.15, -0.1) is 0 Å². The molecular weight excluding hydrogens is 175 g/mol. The van der Waals surface area contributed by atoms with E-state index in [2.05, 4.69) is 0 Å². The molecule has 0 saturated carbocycles. The highest BCUT2D eigenvalue weighted by Crippen LogP contribution is 2.38. The van der Waals surface area contributed by atoms with Gasteiger partial charge >= 0.3 is 0 Å². The number of halogens is 2. The first-order valence-electron chi connectivity index (χ1n) is 2.49. The van der Waals surface area contributed by atoms with Gasteiger partial charge in [-0.05, 0) is 12.1 Å². The van der Waals surface area contributed by atoms with Crippen molar-refractivity contribution in [1.82, 2.24) is 0 Å². The number of benzene rings is 1. The standard InChI is InChI=1S/C6H4Cl2O2/c7-3-1-2-4(8)6(10)5(3)9/h1-2,9-10H. The maximum Gasteiger partial charge on any atom is 0.178 e. The summed E-state index contributed by atoms with van der Waals surface area (Å²) in [5.41, 5.74) is 0. The Morgan fingerprint density at radius 1 is 0.900 bits per heavy atom. The molecule has 2 N–H and O–H groups in total. The molecule has 0 amide bonds. The normalized spacial score (nSPS) is 9.80. The number of phenolic OH excluding ortho intramolecular Hbond substituents is 2. The third-order valence-electron chi connectivity index (χ3n) is 1.05. The van der Waals surface area contributed by atoms with Crippen LogP contribution in [0.1, 0.15) is 0 Å². The number of aromatic hydroxyl groups is 2. The monoisotopic (exact) mass is 178 g/mol. The second kappa shape index (κ2) is 2.56. The summed E-state index contributed by atoms with van der Waals surface area (Å²) in [5.74, 6) is -0.761. The minimum absolute atomic E-state index is 0.0851. The molecule has 1 aromatic carbocycles. The fourth-order valence-electron chi connectivity index (χ4n) is 0.530. The van der Waals surface area contributed by atoms with E-state index < -0.39 is 0 Å². The first kappa shape index (κ1) is 7.51. The zero-order valence-corrected chi connectivity index (χ0v) is 6.32. The van der Waals surface area contributed by atoms with Crippen LogP contribution in [0.3, 0.4) is 0 Å². The van der Waals surface area contributed by atoms with Gasteiger partial charge in [0.1, 0.15) is 0 Å². The summed E-state index contributed by atoms with van der Waals surface area (Å²) in [6.45, 7) is 0. The Labute approximate surface area is 67.6 Å². The molecule has 1 aromatic rings. The van der Waals surface area contributed by atoms with Crippen LogP contribution in [-0.2, 0) is 0 Å². The zero-order chi connectivity index (χ0) is 7.72. The van der Waals surface area contributed by atoms with Gasteiger partial charge in [0.2, 0.25) is 0 Å². The van der Waals surface area contributed by atoms with Crippen LogP contribution in [0.2, 0.25) is 10.0 Å². The lowest BCUT2D eigenvalue weighted by Gasteiger charge is -1.99. The molecule has 0 saturated heterocycles. The first-order valence-corrected chi connectivity index (χ1v) is 3.24. The van der Waals surface area contributed by atoms with E-state index in [1.54, 1.807) is 0 Å². The molecule has 0 heterocycles. The average Bonchev–Trinajstić information content (AvgIpc) is 1.93. The lowest BCUT2D eigenvalue weighted by molar-refractivity contribution is 0.404. The molecule has 0 aliphatic carbocycles. The molecular formula is C6H4Cl2O2. The smallest absolute Gasteiger partial charge is 0.178 e. The minimum atomic E-state index is -0.380. The Hall–Kier alpha value is -0.600. The van der Waals surface area contributed by atoms with Gasteiger partial charge in [-0.3, -0.25) is 0 Å². The van der Waals surface area contributed by atoms with Crippen molar-refractivity contribution in [2.75, 3.05) is 0 Å². The molecule has 0 unspecified atom stereocenters. The highest BCUT2D eigenvalue weighted by atomic mass is 35.5. The maximum atomic E-state index is 8.92. The maximum absolute atomic E-state index is 8.92. The third kappa shape index (κ3) is 1.13. The molecule has 0 radical (unpaired) electrons. The van der Waals surface area contributed by atoms with Crippen molar-refractivity contribution in [3.05, 3.63) is 22.2 Å². The molecule has 0 bridgehead atoms. The molecule has 0 atom stereocenters. The van der Waals surface area contributed by atoms with E-state index in [1.807, 2.05) is 0 Å². The van der Waals surface area contributed by atoms with Crippen LogP contribution >= 0.6 is 23.2 Å². The molecule has 0 fully saturated rings. The Balaban J connectivity index is 3.34. The predicted octanol–water partition coefficient (Wildman–Crippen LogP) is 2.40. The van der Waals surface area contributed by atoms with E-state index in [-0.39, 0.29) is 21.5 Å². The zero-order valence-electron chi connectivity index (χ0n) is 4.81. The summed E-state index contributed by atoms with van der Waals surface area (Å²) in [6.07, 6.45) is 0. The van der Waals surface area contributed by atoms with Gasteiger partial charge < -0.3 is 10.2 Å². The van der Waals surface area contributed by atoms with Gasteiger partial charge in [0, 0.05) is 0 Å². The van der Waals surface area contributed by atoms with Crippen LogP contribution in [0.15, 0.2) is 12.1 Å². The lowest BCUT2D eigenvalue weighted by Crippen LogP contribution is -1.71. The SMILES string of the molecule is Oc1c(Cl)ccc(Cl)c1O.